The van der Waals surface area contributed by atoms with E-state index >= 15 is 0 Å². The Balaban J connectivity index is 3.77. The van der Waals surface area contributed by atoms with Crippen LogP contribution in [-0.4, -0.2) is 46.3 Å². The predicted octanol–water partition coefficient (Wildman–Crippen LogP) is 0.601. The van der Waals surface area contributed by atoms with Crippen LogP contribution in [-0.2, 0) is 19.7 Å². The second-order valence-corrected chi connectivity index (χ2v) is 5.49. The highest BCUT2D eigenvalue weighted by Gasteiger charge is 2.15. The van der Waals surface area contributed by atoms with Crippen molar-refractivity contribution >= 4 is 27.9 Å². The van der Waals surface area contributed by atoms with Crippen molar-refractivity contribution in [1.29, 1.82) is 0 Å². The van der Waals surface area contributed by atoms with Gasteiger partial charge in [0, 0.05) is 19.0 Å². The number of hydrogen-bond donors (Lipinski definition) is 2. The van der Waals surface area contributed by atoms with Crippen molar-refractivity contribution in [3.05, 3.63) is 0 Å². The van der Waals surface area contributed by atoms with Crippen LogP contribution >= 0.6 is 11.6 Å². The number of amides is 1. The molecule has 0 aliphatic carbocycles. The van der Waals surface area contributed by atoms with E-state index < -0.39 is 16.3 Å². The van der Waals surface area contributed by atoms with Crippen LogP contribution in [0.1, 0.15) is 20.3 Å². The molecule has 0 spiro atoms. The summed E-state index contributed by atoms with van der Waals surface area (Å²) in [5, 5.41) is 0. The zero-order valence-electron chi connectivity index (χ0n) is 10.4. The highest BCUT2D eigenvalue weighted by molar-refractivity contribution is 7.88. The first-order valence-corrected chi connectivity index (χ1v) is 7.51. The standard InChI is InChI=1S/C9H19ClN2O5S/c1-8(2)17-9(13)12-18(14,15)11-5-3-6-16-7-4-10/h8,11H,3-7H2,1-2H3,(H,12,13). The minimum Gasteiger partial charge on any atom is -0.446 e. The average Bonchev–Trinajstić information content (AvgIpc) is 2.20. The summed E-state index contributed by atoms with van der Waals surface area (Å²) in [5.74, 6) is 0.397. The van der Waals surface area contributed by atoms with Gasteiger partial charge in [0.2, 0.25) is 0 Å². The van der Waals surface area contributed by atoms with E-state index in [0.29, 0.717) is 25.5 Å². The fraction of sp³-hybridized carbons (Fsp3) is 0.889. The third-order valence-electron chi connectivity index (χ3n) is 1.54. The molecule has 0 aromatic carbocycles. The quantitative estimate of drug-likeness (QED) is 0.480. The first-order valence-electron chi connectivity index (χ1n) is 5.49. The first kappa shape index (κ1) is 17.4. The molecule has 0 aromatic heterocycles. The molecular formula is C9H19ClN2O5S. The van der Waals surface area contributed by atoms with Crippen molar-refractivity contribution in [2.24, 2.45) is 0 Å². The maximum absolute atomic E-state index is 11.3. The molecule has 7 nitrogen and oxygen atoms in total. The summed E-state index contributed by atoms with van der Waals surface area (Å²) in [6.07, 6.45) is -0.906. The van der Waals surface area contributed by atoms with Gasteiger partial charge in [-0.15, -0.1) is 11.6 Å². The molecule has 0 heterocycles. The summed E-state index contributed by atoms with van der Waals surface area (Å²) in [4.78, 5) is 11.1. The van der Waals surface area contributed by atoms with Gasteiger partial charge in [0.05, 0.1) is 12.7 Å². The smallest absolute Gasteiger partial charge is 0.422 e. The van der Waals surface area contributed by atoms with Gasteiger partial charge in [-0.25, -0.2) is 9.52 Å². The van der Waals surface area contributed by atoms with Crippen molar-refractivity contribution in [2.75, 3.05) is 25.6 Å². The van der Waals surface area contributed by atoms with Gasteiger partial charge in [-0.1, -0.05) is 0 Å². The second-order valence-electron chi connectivity index (χ2n) is 3.61. The van der Waals surface area contributed by atoms with Gasteiger partial charge < -0.3 is 9.47 Å². The molecule has 0 aliphatic rings. The molecule has 18 heavy (non-hydrogen) atoms. The van der Waals surface area contributed by atoms with E-state index in [9.17, 15) is 13.2 Å². The second kappa shape index (κ2) is 9.37. The number of carbonyl (C=O) groups excluding carboxylic acids is 1. The molecule has 9 heteroatoms. The Bertz CT molecular complexity index is 334. The molecule has 0 aromatic rings. The van der Waals surface area contributed by atoms with Gasteiger partial charge in [-0.3, -0.25) is 0 Å². The predicted molar refractivity (Wildman–Crippen MR) is 67.8 cm³/mol. The Morgan fingerprint density at radius 1 is 1.33 bits per heavy atom. The number of ether oxygens (including phenoxy) is 2. The Labute approximate surface area is 112 Å². The normalized spacial score (nSPS) is 11.6. The van der Waals surface area contributed by atoms with Crippen LogP contribution in [0.4, 0.5) is 4.79 Å². The van der Waals surface area contributed by atoms with Crippen LogP contribution in [0, 0.1) is 0 Å². The summed E-state index contributed by atoms with van der Waals surface area (Å²) in [7, 11) is -3.88. The molecule has 0 radical (unpaired) electrons. The van der Waals surface area contributed by atoms with Crippen molar-refractivity contribution in [3.8, 4) is 0 Å². The Hall–Kier alpha value is -0.570. The van der Waals surface area contributed by atoms with E-state index in [2.05, 4.69) is 9.46 Å². The molecule has 0 fully saturated rings. The Kier molecular flexibility index (Phi) is 9.08. The van der Waals surface area contributed by atoms with Crippen molar-refractivity contribution < 1.29 is 22.7 Å². The number of nitrogens with one attached hydrogen (secondary N) is 2. The molecule has 0 saturated carbocycles. The number of halogens is 1. The van der Waals surface area contributed by atoms with Gasteiger partial charge in [-0.05, 0) is 20.3 Å². The van der Waals surface area contributed by atoms with Gasteiger partial charge in [0.15, 0.2) is 0 Å². The van der Waals surface area contributed by atoms with E-state index in [1.807, 2.05) is 0 Å². The van der Waals surface area contributed by atoms with Crippen LogP contribution in [0.15, 0.2) is 0 Å². The number of hydrogen-bond acceptors (Lipinski definition) is 5. The Morgan fingerprint density at radius 2 is 2.00 bits per heavy atom. The molecule has 0 aliphatic heterocycles. The average molecular weight is 303 g/mol. The topological polar surface area (TPSA) is 93.7 Å². The third-order valence-corrected chi connectivity index (χ3v) is 2.71. The lowest BCUT2D eigenvalue weighted by molar-refractivity contribution is 0.121. The lowest BCUT2D eigenvalue weighted by Crippen LogP contribution is -2.41. The molecular weight excluding hydrogens is 284 g/mol. The van der Waals surface area contributed by atoms with Crippen LogP contribution in [0.5, 0.6) is 0 Å². The van der Waals surface area contributed by atoms with Crippen molar-refractivity contribution in [1.82, 2.24) is 9.44 Å². The van der Waals surface area contributed by atoms with Gasteiger partial charge in [-0.2, -0.15) is 13.1 Å². The van der Waals surface area contributed by atoms with E-state index in [0.717, 1.165) is 0 Å². The molecule has 0 unspecified atom stereocenters. The lowest BCUT2D eigenvalue weighted by atomic mass is 10.5. The van der Waals surface area contributed by atoms with E-state index in [1.165, 1.54) is 0 Å². The van der Waals surface area contributed by atoms with E-state index in [4.69, 9.17) is 16.3 Å². The Morgan fingerprint density at radius 3 is 2.56 bits per heavy atom. The zero-order chi connectivity index (χ0) is 14.0. The number of rotatable bonds is 9. The summed E-state index contributed by atoms with van der Waals surface area (Å²) in [5.41, 5.74) is 0. The third kappa shape index (κ3) is 10.6. The lowest BCUT2D eigenvalue weighted by Gasteiger charge is -2.10. The summed E-state index contributed by atoms with van der Waals surface area (Å²) in [6.45, 7) is 4.22. The SMILES string of the molecule is CC(C)OC(=O)NS(=O)(=O)NCCCOCCCl. The number of alkyl halides is 1. The van der Waals surface area contributed by atoms with E-state index in [1.54, 1.807) is 18.6 Å². The molecule has 2 N–H and O–H groups in total. The van der Waals surface area contributed by atoms with Crippen LogP contribution in [0.3, 0.4) is 0 Å². The van der Waals surface area contributed by atoms with Gasteiger partial charge in [0.25, 0.3) is 0 Å². The highest BCUT2D eigenvalue weighted by atomic mass is 35.5. The molecule has 0 bridgehead atoms. The number of carbonyl (C=O) groups is 1. The molecule has 108 valence electrons. The van der Waals surface area contributed by atoms with Crippen LogP contribution in [0.2, 0.25) is 0 Å². The van der Waals surface area contributed by atoms with Gasteiger partial charge in [0.1, 0.15) is 0 Å². The van der Waals surface area contributed by atoms with Crippen molar-refractivity contribution in [3.63, 3.8) is 0 Å². The summed E-state index contributed by atoms with van der Waals surface area (Å²) in [6, 6.07) is 0. The largest absolute Gasteiger partial charge is 0.446 e. The maximum atomic E-state index is 11.3. The van der Waals surface area contributed by atoms with Crippen LogP contribution in [0.25, 0.3) is 0 Å². The fourth-order valence-electron chi connectivity index (χ4n) is 0.921. The van der Waals surface area contributed by atoms with Crippen LogP contribution < -0.4 is 9.44 Å². The minimum atomic E-state index is -3.88. The molecule has 0 atom stereocenters. The summed E-state index contributed by atoms with van der Waals surface area (Å²) < 4.78 is 36.3. The minimum absolute atomic E-state index is 0.159. The van der Waals surface area contributed by atoms with Gasteiger partial charge >= 0.3 is 16.3 Å². The highest BCUT2D eigenvalue weighted by Crippen LogP contribution is 1.90. The van der Waals surface area contributed by atoms with Crippen molar-refractivity contribution in [2.45, 2.75) is 26.4 Å². The maximum Gasteiger partial charge on any atom is 0.422 e. The van der Waals surface area contributed by atoms with E-state index in [-0.39, 0.29) is 12.6 Å². The first-order chi connectivity index (χ1) is 8.37. The molecule has 0 rings (SSSR count). The molecule has 0 saturated heterocycles. The monoisotopic (exact) mass is 302 g/mol. The summed E-state index contributed by atoms with van der Waals surface area (Å²) >= 11 is 5.39. The fourth-order valence-corrected chi connectivity index (χ4v) is 1.78. The zero-order valence-corrected chi connectivity index (χ0v) is 12.0. The molecule has 1 amide bonds.